The van der Waals surface area contributed by atoms with E-state index in [2.05, 4.69) is 0 Å². The van der Waals surface area contributed by atoms with E-state index in [0.29, 0.717) is 6.42 Å². The Morgan fingerprint density at radius 3 is 1.88 bits per heavy atom. The molecule has 1 fully saturated rings. The number of alkyl halides is 2. The molecule has 1 atom stereocenters. The van der Waals surface area contributed by atoms with Crippen molar-refractivity contribution in [2.45, 2.75) is 59.4 Å². The Bertz CT molecular complexity index is 248. The lowest BCUT2D eigenvalue weighted by atomic mass is 9.72. The van der Waals surface area contributed by atoms with Gasteiger partial charge in [-0.15, -0.1) is 0 Å². The van der Waals surface area contributed by atoms with E-state index in [1.165, 1.54) is 0 Å². The fourth-order valence-electron chi connectivity index (χ4n) is 2.58. The number of likely N-dealkylation sites (tertiary alicyclic amines) is 1. The molecule has 1 aliphatic rings. The lowest BCUT2D eigenvalue weighted by Gasteiger charge is -2.48. The van der Waals surface area contributed by atoms with Crippen LogP contribution >= 0.6 is 0 Å². The van der Waals surface area contributed by atoms with Gasteiger partial charge in [-0.2, -0.15) is 0 Å². The molecule has 0 amide bonds. The molecule has 1 heterocycles. The molecule has 0 aliphatic carbocycles. The zero-order valence-corrected chi connectivity index (χ0v) is 11.4. The van der Waals surface area contributed by atoms with Gasteiger partial charge in [0, 0.05) is 11.5 Å². The summed E-state index contributed by atoms with van der Waals surface area (Å²) in [5.74, 6) is -3.07. The Balaban J connectivity index is 2.82. The predicted octanol–water partition coefficient (Wildman–Crippen LogP) is 3.79. The summed E-state index contributed by atoms with van der Waals surface area (Å²) in [4.78, 5) is 1.90. The van der Waals surface area contributed by atoms with Crippen LogP contribution in [0.15, 0.2) is 0 Å². The second kappa shape index (κ2) is 3.94. The monoisotopic (exact) mass is 233 g/mol. The van der Waals surface area contributed by atoms with Crippen molar-refractivity contribution in [3.63, 3.8) is 0 Å². The van der Waals surface area contributed by atoms with Crippen molar-refractivity contribution < 1.29 is 8.78 Å². The van der Waals surface area contributed by atoms with Crippen LogP contribution in [-0.4, -0.2) is 29.5 Å². The van der Waals surface area contributed by atoms with Crippen molar-refractivity contribution >= 4 is 0 Å². The largest absolute Gasteiger partial charge is 0.293 e. The predicted molar refractivity (Wildman–Crippen MR) is 63.8 cm³/mol. The van der Waals surface area contributed by atoms with Gasteiger partial charge in [0.25, 0.3) is 5.92 Å². The Labute approximate surface area is 98.2 Å². The fourth-order valence-corrected chi connectivity index (χ4v) is 2.58. The smallest absolute Gasteiger partial charge is 0.263 e. The van der Waals surface area contributed by atoms with Crippen LogP contribution in [0.3, 0.4) is 0 Å². The number of hydrogen-bond donors (Lipinski definition) is 0. The molecule has 3 heteroatoms. The molecule has 0 radical (unpaired) electrons. The van der Waals surface area contributed by atoms with E-state index in [4.69, 9.17) is 0 Å². The van der Waals surface area contributed by atoms with Gasteiger partial charge in [-0.3, -0.25) is 4.90 Å². The third kappa shape index (κ3) is 2.93. The minimum atomic E-state index is -2.57. The Morgan fingerprint density at radius 2 is 1.56 bits per heavy atom. The Kier molecular flexibility index (Phi) is 3.41. The first-order valence-electron chi connectivity index (χ1n) is 6.07. The summed E-state index contributed by atoms with van der Waals surface area (Å²) >= 11 is 0. The van der Waals surface area contributed by atoms with Crippen LogP contribution in [0.5, 0.6) is 0 Å². The van der Waals surface area contributed by atoms with E-state index in [1.807, 2.05) is 46.4 Å². The lowest BCUT2D eigenvalue weighted by Crippen LogP contribution is -2.57. The molecule has 1 rings (SSSR count). The van der Waals surface area contributed by atoms with Crippen LogP contribution in [0.2, 0.25) is 0 Å². The van der Waals surface area contributed by atoms with Gasteiger partial charge in [0.1, 0.15) is 0 Å². The van der Waals surface area contributed by atoms with Crippen molar-refractivity contribution in [3.05, 3.63) is 0 Å². The third-order valence-corrected chi connectivity index (χ3v) is 3.59. The first-order chi connectivity index (χ1) is 6.94. The normalized spacial score (nSPS) is 28.1. The van der Waals surface area contributed by atoms with E-state index < -0.39 is 11.8 Å². The number of halogens is 2. The minimum absolute atomic E-state index is 0.0988. The van der Waals surface area contributed by atoms with Crippen LogP contribution in [-0.2, 0) is 0 Å². The summed E-state index contributed by atoms with van der Waals surface area (Å²) in [7, 11) is 0. The summed E-state index contributed by atoms with van der Waals surface area (Å²) in [6.07, 6.45) is 0.591. The van der Waals surface area contributed by atoms with Crippen LogP contribution in [0.25, 0.3) is 0 Å². The van der Waals surface area contributed by atoms with Gasteiger partial charge in [0.2, 0.25) is 0 Å². The highest BCUT2D eigenvalue weighted by atomic mass is 19.3. The maximum Gasteiger partial charge on any atom is 0.263 e. The van der Waals surface area contributed by atoms with Crippen LogP contribution < -0.4 is 0 Å². The van der Waals surface area contributed by atoms with E-state index in [1.54, 1.807) is 0 Å². The SMILES string of the molecule is CC(C)(C)C1CCN(C(C)(C)C)CC1(F)F. The molecule has 0 bridgehead atoms. The first kappa shape index (κ1) is 13.9. The molecule has 1 nitrogen and oxygen atoms in total. The van der Waals surface area contributed by atoms with E-state index in [0.717, 1.165) is 6.54 Å². The molecule has 0 saturated carbocycles. The van der Waals surface area contributed by atoms with Crippen molar-refractivity contribution in [1.29, 1.82) is 0 Å². The zero-order valence-electron chi connectivity index (χ0n) is 11.4. The minimum Gasteiger partial charge on any atom is -0.293 e. The number of piperidine rings is 1. The molecule has 0 spiro atoms. The first-order valence-corrected chi connectivity index (χ1v) is 6.07. The van der Waals surface area contributed by atoms with Crippen molar-refractivity contribution in [2.24, 2.45) is 11.3 Å². The molecule has 0 aromatic rings. The average molecular weight is 233 g/mol. The van der Waals surface area contributed by atoms with Crippen molar-refractivity contribution in [1.82, 2.24) is 4.90 Å². The van der Waals surface area contributed by atoms with Gasteiger partial charge in [-0.1, -0.05) is 20.8 Å². The van der Waals surface area contributed by atoms with Crippen LogP contribution in [0.1, 0.15) is 48.0 Å². The van der Waals surface area contributed by atoms with Crippen molar-refractivity contribution in [3.8, 4) is 0 Å². The Morgan fingerprint density at radius 1 is 1.06 bits per heavy atom. The van der Waals surface area contributed by atoms with Crippen molar-refractivity contribution in [2.75, 3.05) is 13.1 Å². The molecule has 96 valence electrons. The number of nitrogens with zero attached hydrogens (tertiary/aromatic N) is 1. The quantitative estimate of drug-likeness (QED) is 0.615. The van der Waals surface area contributed by atoms with E-state index in [9.17, 15) is 8.78 Å². The molecule has 1 saturated heterocycles. The number of hydrogen-bond acceptors (Lipinski definition) is 1. The summed E-state index contributed by atoms with van der Waals surface area (Å²) in [5, 5.41) is 0. The fraction of sp³-hybridized carbons (Fsp3) is 1.00. The second-order valence-corrected chi connectivity index (χ2v) is 7.06. The highest BCUT2D eigenvalue weighted by molar-refractivity contribution is 4.95. The standard InChI is InChI=1S/C13H25F2N/c1-11(2,3)10-7-8-16(12(4,5)6)9-13(10,14)15/h10H,7-9H2,1-6H3. The topological polar surface area (TPSA) is 3.24 Å². The van der Waals surface area contributed by atoms with Gasteiger partial charge in [0.05, 0.1) is 6.54 Å². The van der Waals surface area contributed by atoms with Crippen LogP contribution in [0.4, 0.5) is 8.78 Å². The van der Waals surface area contributed by atoms with E-state index in [-0.39, 0.29) is 17.5 Å². The summed E-state index contributed by atoms with van der Waals surface area (Å²) in [6, 6.07) is 0. The molecular weight excluding hydrogens is 208 g/mol. The highest BCUT2D eigenvalue weighted by Crippen LogP contribution is 2.44. The molecule has 1 aliphatic heterocycles. The number of rotatable bonds is 0. The van der Waals surface area contributed by atoms with Gasteiger partial charge < -0.3 is 0 Å². The van der Waals surface area contributed by atoms with Gasteiger partial charge in [-0.05, 0) is 39.2 Å². The molecule has 0 aromatic carbocycles. The molecule has 1 unspecified atom stereocenters. The summed E-state index contributed by atoms with van der Waals surface area (Å²) in [6.45, 7) is 12.4. The van der Waals surface area contributed by atoms with Gasteiger partial charge >= 0.3 is 0 Å². The van der Waals surface area contributed by atoms with Gasteiger partial charge in [-0.25, -0.2) is 8.78 Å². The maximum absolute atomic E-state index is 14.1. The highest BCUT2D eigenvalue weighted by Gasteiger charge is 2.50. The third-order valence-electron chi connectivity index (χ3n) is 3.59. The zero-order chi connectivity index (χ0) is 12.8. The summed E-state index contributed by atoms with van der Waals surface area (Å²) < 4.78 is 28.2. The van der Waals surface area contributed by atoms with E-state index >= 15 is 0 Å². The maximum atomic E-state index is 14.1. The second-order valence-electron chi connectivity index (χ2n) is 7.06. The average Bonchev–Trinajstić information content (AvgIpc) is 1.97. The lowest BCUT2D eigenvalue weighted by molar-refractivity contribution is -0.157. The van der Waals surface area contributed by atoms with Crippen LogP contribution in [0, 0.1) is 11.3 Å². The molecular formula is C13H25F2N. The Hall–Kier alpha value is -0.180. The molecule has 0 N–H and O–H groups in total. The van der Waals surface area contributed by atoms with Gasteiger partial charge in [0.15, 0.2) is 0 Å². The summed E-state index contributed by atoms with van der Waals surface area (Å²) in [5.41, 5.74) is -0.472. The molecule has 16 heavy (non-hydrogen) atoms. The molecule has 0 aromatic heterocycles.